The summed E-state index contributed by atoms with van der Waals surface area (Å²) in [7, 11) is 0. The normalized spacial score (nSPS) is 10.8. The van der Waals surface area contributed by atoms with E-state index in [1.165, 1.54) is 24.3 Å². The molecule has 0 fully saturated rings. The first-order valence-corrected chi connectivity index (χ1v) is 7.76. The van der Waals surface area contributed by atoms with Crippen LogP contribution in [-0.2, 0) is 11.3 Å². The standard InChI is InChI=1S/C13H9Cl2F2N3O2S/c14-9-5-18-20(12(22)11(9)15)6-10(21)19-7-1-3-8(4-2-7)23-13(16)17/h1-5,13H,6H2,(H,19,21). The van der Waals surface area contributed by atoms with Crippen LogP contribution < -0.4 is 10.9 Å². The number of hydrogen-bond donors (Lipinski definition) is 1. The average molecular weight is 380 g/mol. The Morgan fingerprint density at radius 2 is 1.96 bits per heavy atom. The van der Waals surface area contributed by atoms with Crippen molar-refractivity contribution in [3.05, 3.63) is 50.9 Å². The maximum Gasteiger partial charge on any atom is 0.288 e. The van der Waals surface area contributed by atoms with Crippen molar-refractivity contribution in [1.29, 1.82) is 0 Å². The van der Waals surface area contributed by atoms with Gasteiger partial charge in [-0.1, -0.05) is 35.0 Å². The summed E-state index contributed by atoms with van der Waals surface area (Å²) in [6.45, 7) is -0.358. The minimum atomic E-state index is -2.51. The Morgan fingerprint density at radius 1 is 1.30 bits per heavy atom. The molecule has 10 heteroatoms. The molecule has 1 heterocycles. The Bertz CT molecular complexity index is 769. The number of rotatable bonds is 5. The molecule has 23 heavy (non-hydrogen) atoms. The molecule has 0 aliphatic carbocycles. The van der Waals surface area contributed by atoms with Crippen LogP contribution in [0.15, 0.2) is 40.2 Å². The van der Waals surface area contributed by atoms with Crippen LogP contribution in [0.25, 0.3) is 0 Å². The van der Waals surface area contributed by atoms with Gasteiger partial charge in [-0.15, -0.1) is 0 Å². The van der Waals surface area contributed by atoms with Gasteiger partial charge in [-0.25, -0.2) is 4.68 Å². The molecule has 122 valence electrons. The summed E-state index contributed by atoms with van der Waals surface area (Å²) in [6.07, 6.45) is 1.16. The summed E-state index contributed by atoms with van der Waals surface area (Å²) in [6, 6.07) is 5.87. The quantitative estimate of drug-likeness (QED) is 0.807. The van der Waals surface area contributed by atoms with E-state index in [-0.39, 0.29) is 16.6 Å². The molecule has 2 aromatic rings. The number of alkyl halides is 2. The van der Waals surface area contributed by atoms with Gasteiger partial charge in [0, 0.05) is 10.6 Å². The molecule has 1 amide bonds. The second kappa shape index (κ2) is 7.76. The highest BCUT2D eigenvalue weighted by Gasteiger charge is 2.11. The lowest BCUT2D eigenvalue weighted by Gasteiger charge is -2.08. The lowest BCUT2D eigenvalue weighted by atomic mass is 10.3. The first kappa shape index (κ1) is 17.7. The van der Waals surface area contributed by atoms with Gasteiger partial charge in [0.25, 0.3) is 11.3 Å². The Hall–Kier alpha value is -1.64. The van der Waals surface area contributed by atoms with Gasteiger partial charge < -0.3 is 5.32 Å². The molecular weight excluding hydrogens is 371 g/mol. The number of anilines is 1. The summed E-state index contributed by atoms with van der Waals surface area (Å²) < 4.78 is 25.3. The largest absolute Gasteiger partial charge is 0.324 e. The molecule has 0 bridgehead atoms. The van der Waals surface area contributed by atoms with Crippen LogP contribution >= 0.6 is 35.0 Å². The van der Waals surface area contributed by atoms with Crippen LogP contribution in [0.2, 0.25) is 10.0 Å². The van der Waals surface area contributed by atoms with E-state index in [4.69, 9.17) is 23.2 Å². The fourth-order valence-electron chi connectivity index (χ4n) is 1.61. The molecule has 0 unspecified atom stereocenters. The Morgan fingerprint density at radius 3 is 2.57 bits per heavy atom. The Labute approximate surface area is 143 Å². The number of hydrogen-bond acceptors (Lipinski definition) is 4. The van der Waals surface area contributed by atoms with E-state index in [0.29, 0.717) is 22.3 Å². The van der Waals surface area contributed by atoms with Gasteiger partial charge in [0.15, 0.2) is 0 Å². The molecule has 0 spiro atoms. The van der Waals surface area contributed by atoms with Crippen molar-refractivity contribution < 1.29 is 13.6 Å². The van der Waals surface area contributed by atoms with E-state index < -0.39 is 17.2 Å². The summed E-state index contributed by atoms with van der Waals surface area (Å²) in [5.41, 5.74) is -0.278. The summed E-state index contributed by atoms with van der Waals surface area (Å²) in [5, 5.41) is 6.01. The molecule has 0 aliphatic rings. The maximum absolute atomic E-state index is 12.2. The van der Waals surface area contributed by atoms with Crippen LogP contribution in [0.5, 0.6) is 0 Å². The monoisotopic (exact) mass is 379 g/mol. The number of thioether (sulfide) groups is 1. The van der Waals surface area contributed by atoms with Gasteiger partial charge in [0.2, 0.25) is 5.91 Å². The first-order valence-electron chi connectivity index (χ1n) is 6.12. The predicted molar refractivity (Wildman–Crippen MR) is 85.4 cm³/mol. The number of carbonyl (C=O) groups is 1. The highest BCUT2D eigenvalue weighted by Crippen LogP contribution is 2.26. The zero-order chi connectivity index (χ0) is 17.0. The van der Waals surface area contributed by atoms with E-state index in [9.17, 15) is 18.4 Å². The molecule has 0 saturated heterocycles. The van der Waals surface area contributed by atoms with Crippen LogP contribution in [0.1, 0.15) is 0 Å². The summed E-state index contributed by atoms with van der Waals surface area (Å²) in [4.78, 5) is 24.0. The minimum absolute atomic E-state index is 0.000411. The molecule has 1 aromatic heterocycles. The lowest BCUT2D eigenvalue weighted by molar-refractivity contribution is -0.117. The van der Waals surface area contributed by atoms with Crippen LogP contribution in [0.4, 0.5) is 14.5 Å². The topological polar surface area (TPSA) is 64.0 Å². The number of benzene rings is 1. The van der Waals surface area contributed by atoms with Gasteiger partial charge in [0.1, 0.15) is 11.6 Å². The van der Waals surface area contributed by atoms with Gasteiger partial charge in [-0.05, 0) is 24.3 Å². The van der Waals surface area contributed by atoms with Gasteiger partial charge >= 0.3 is 0 Å². The third-order valence-corrected chi connectivity index (χ3v) is 4.07. The molecule has 0 radical (unpaired) electrons. The molecular formula is C13H9Cl2F2N3O2S. The molecule has 0 aliphatic heterocycles. The van der Waals surface area contributed by atoms with Crippen LogP contribution in [0.3, 0.4) is 0 Å². The number of carbonyl (C=O) groups excluding carboxylic acids is 1. The van der Waals surface area contributed by atoms with Crippen molar-refractivity contribution in [2.75, 3.05) is 5.32 Å². The zero-order valence-electron chi connectivity index (χ0n) is 11.3. The van der Waals surface area contributed by atoms with Crippen LogP contribution in [0, 0.1) is 0 Å². The third kappa shape index (κ3) is 4.92. The van der Waals surface area contributed by atoms with Gasteiger partial charge in [-0.2, -0.15) is 13.9 Å². The number of halogens is 4. The average Bonchev–Trinajstić information content (AvgIpc) is 2.49. The summed E-state index contributed by atoms with van der Waals surface area (Å²) in [5.74, 6) is -3.03. The third-order valence-electron chi connectivity index (χ3n) is 2.60. The maximum atomic E-state index is 12.2. The number of aromatic nitrogens is 2. The van der Waals surface area contributed by atoms with Crippen molar-refractivity contribution in [3.63, 3.8) is 0 Å². The van der Waals surface area contributed by atoms with Crippen molar-refractivity contribution in [2.24, 2.45) is 0 Å². The van der Waals surface area contributed by atoms with Gasteiger partial charge in [-0.3, -0.25) is 9.59 Å². The molecule has 1 N–H and O–H groups in total. The molecule has 1 aromatic carbocycles. The van der Waals surface area contributed by atoms with E-state index in [1.807, 2.05) is 0 Å². The lowest BCUT2D eigenvalue weighted by Crippen LogP contribution is -2.29. The molecule has 0 atom stereocenters. The molecule has 5 nitrogen and oxygen atoms in total. The summed E-state index contributed by atoms with van der Waals surface area (Å²) >= 11 is 11.7. The number of nitrogens with zero attached hydrogens (tertiary/aromatic N) is 2. The Kier molecular flexibility index (Phi) is 5.97. The van der Waals surface area contributed by atoms with Crippen LogP contribution in [-0.4, -0.2) is 21.4 Å². The second-order valence-corrected chi connectivity index (χ2v) is 6.07. The van der Waals surface area contributed by atoms with Crippen molar-refractivity contribution >= 4 is 46.6 Å². The Balaban J connectivity index is 2.02. The highest BCUT2D eigenvalue weighted by molar-refractivity contribution is 7.99. The van der Waals surface area contributed by atoms with E-state index in [2.05, 4.69) is 10.4 Å². The predicted octanol–water partition coefficient (Wildman–Crippen LogP) is 3.50. The van der Waals surface area contributed by atoms with Gasteiger partial charge in [0.05, 0.1) is 11.2 Å². The second-order valence-electron chi connectivity index (χ2n) is 4.22. The van der Waals surface area contributed by atoms with E-state index in [0.717, 1.165) is 10.9 Å². The highest BCUT2D eigenvalue weighted by atomic mass is 35.5. The number of amides is 1. The van der Waals surface area contributed by atoms with E-state index in [1.54, 1.807) is 0 Å². The fraction of sp³-hybridized carbons (Fsp3) is 0.154. The smallest absolute Gasteiger partial charge is 0.288 e. The van der Waals surface area contributed by atoms with E-state index >= 15 is 0 Å². The molecule has 2 rings (SSSR count). The minimum Gasteiger partial charge on any atom is -0.324 e. The van der Waals surface area contributed by atoms with Crippen molar-refractivity contribution in [1.82, 2.24) is 9.78 Å². The SMILES string of the molecule is O=C(Cn1ncc(Cl)c(Cl)c1=O)Nc1ccc(SC(F)F)cc1. The first-order chi connectivity index (χ1) is 10.9. The zero-order valence-corrected chi connectivity index (χ0v) is 13.6. The van der Waals surface area contributed by atoms with Crippen molar-refractivity contribution in [3.8, 4) is 0 Å². The molecule has 0 saturated carbocycles. The number of nitrogens with one attached hydrogen (secondary N) is 1. The van der Waals surface area contributed by atoms with Crippen molar-refractivity contribution in [2.45, 2.75) is 17.2 Å². The fourth-order valence-corrected chi connectivity index (χ4v) is 2.38.